The van der Waals surface area contributed by atoms with Crippen LogP contribution in [0.5, 0.6) is 0 Å². The van der Waals surface area contributed by atoms with E-state index in [0.717, 1.165) is 4.90 Å². The molecule has 0 atom stereocenters. The highest BCUT2D eigenvalue weighted by molar-refractivity contribution is 5.74. The number of hydrogen-bond acceptors (Lipinski definition) is 1. The maximum atomic E-state index is 11.9. The molecule has 1 fully saturated rings. The van der Waals surface area contributed by atoms with Crippen LogP contribution in [0.3, 0.4) is 0 Å². The molecule has 6 heteroatoms. The molecule has 0 spiro atoms. The van der Waals surface area contributed by atoms with E-state index in [-0.39, 0.29) is 13.1 Å². The molecule has 12 heavy (non-hydrogen) atoms. The fourth-order valence-electron chi connectivity index (χ4n) is 1.01. The van der Waals surface area contributed by atoms with Gasteiger partial charge in [0.05, 0.1) is 5.92 Å². The Balaban J connectivity index is 2.34. The van der Waals surface area contributed by atoms with Crippen LogP contribution in [-0.2, 0) is 0 Å². The third-order valence-electron chi connectivity index (χ3n) is 1.85. The summed E-state index contributed by atoms with van der Waals surface area (Å²) >= 11 is 0. The molecule has 0 saturated carbocycles. The molecule has 70 valence electrons. The van der Waals surface area contributed by atoms with Crippen LogP contribution in [-0.4, -0.2) is 37.2 Å². The zero-order chi connectivity index (χ0) is 9.35. The molecule has 1 N–H and O–H groups in total. The summed E-state index contributed by atoms with van der Waals surface area (Å²) in [5, 5.41) is 2.26. The van der Waals surface area contributed by atoms with Crippen molar-refractivity contribution < 1.29 is 18.0 Å². The average Bonchev–Trinajstić information content (AvgIpc) is 1.80. The summed E-state index contributed by atoms with van der Waals surface area (Å²) < 4.78 is 35.6. The molecule has 0 radical (unpaired) electrons. The Morgan fingerprint density at radius 3 is 2.33 bits per heavy atom. The molecule has 1 heterocycles. The molecule has 0 unspecified atom stereocenters. The van der Waals surface area contributed by atoms with Crippen molar-refractivity contribution in [3.05, 3.63) is 0 Å². The number of carbonyl (C=O) groups excluding carboxylic acids is 1. The van der Waals surface area contributed by atoms with Gasteiger partial charge in [0.1, 0.15) is 0 Å². The molecule has 1 rings (SSSR count). The zero-order valence-corrected chi connectivity index (χ0v) is 6.48. The van der Waals surface area contributed by atoms with Gasteiger partial charge in [-0.3, -0.25) is 0 Å². The third kappa shape index (κ3) is 1.62. The van der Waals surface area contributed by atoms with Gasteiger partial charge < -0.3 is 10.2 Å². The highest BCUT2D eigenvalue weighted by atomic mass is 19.4. The van der Waals surface area contributed by atoms with Crippen LogP contribution in [0.25, 0.3) is 0 Å². The summed E-state index contributed by atoms with van der Waals surface area (Å²) in [6.07, 6.45) is -4.16. The molecular formula is C6H9F3N2O. The molecule has 3 nitrogen and oxygen atoms in total. The van der Waals surface area contributed by atoms with E-state index in [1.807, 2.05) is 0 Å². The number of halogens is 3. The number of urea groups is 1. The molecule has 0 aliphatic carbocycles. The van der Waals surface area contributed by atoms with Crippen molar-refractivity contribution in [1.82, 2.24) is 10.2 Å². The van der Waals surface area contributed by atoms with Gasteiger partial charge in [0.2, 0.25) is 0 Å². The Morgan fingerprint density at radius 1 is 1.50 bits per heavy atom. The molecule has 0 aromatic carbocycles. The lowest BCUT2D eigenvalue weighted by molar-refractivity contribution is -0.201. The van der Waals surface area contributed by atoms with E-state index in [9.17, 15) is 18.0 Å². The zero-order valence-electron chi connectivity index (χ0n) is 6.48. The molecule has 0 bridgehead atoms. The number of likely N-dealkylation sites (tertiary alicyclic amines) is 1. The molecule has 0 aromatic rings. The van der Waals surface area contributed by atoms with Crippen LogP contribution in [0.1, 0.15) is 0 Å². The van der Waals surface area contributed by atoms with Gasteiger partial charge in [0.25, 0.3) is 0 Å². The van der Waals surface area contributed by atoms with Crippen molar-refractivity contribution in [2.45, 2.75) is 6.18 Å². The van der Waals surface area contributed by atoms with Crippen molar-refractivity contribution in [3.63, 3.8) is 0 Å². The van der Waals surface area contributed by atoms with Gasteiger partial charge in [-0.1, -0.05) is 0 Å². The summed E-state index contributed by atoms with van der Waals surface area (Å²) in [6.45, 7) is -0.438. The third-order valence-corrected chi connectivity index (χ3v) is 1.85. The molecule has 1 aliphatic rings. The van der Waals surface area contributed by atoms with Crippen LogP contribution in [0.4, 0.5) is 18.0 Å². The number of alkyl halides is 3. The minimum atomic E-state index is -4.16. The first-order valence-electron chi connectivity index (χ1n) is 3.48. The Labute approximate surface area is 67.5 Å². The van der Waals surface area contributed by atoms with Crippen molar-refractivity contribution in [2.24, 2.45) is 5.92 Å². The highest BCUT2D eigenvalue weighted by Gasteiger charge is 2.48. The molecule has 1 aliphatic heterocycles. The molecule has 2 amide bonds. The normalized spacial score (nSPS) is 18.8. The summed E-state index contributed by atoms with van der Waals surface area (Å²) in [5.74, 6) is -1.34. The molecule has 1 saturated heterocycles. The predicted molar refractivity (Wildman–Crippen MR) is 35.6 cm³/mol. The van der Waals surface area contributed by atoms with Gasteiger partial charge in [-0.2, -0.15) is 13.2 Å². The first-order chi connectivity index (χ1) is 5.45. The fraction of sp³-hybridized carbons (Fsp3) is 0.833. The lowest BCUT2D eigenvalue weighted by Crippen LogP contribution is -2.57. The van der Waals surface area contributed by atoms with Gasteiger partial charge in [0.15, 0.2) is 0 Å². The Morgan fingerprint density at radius 2 is 2.00 bits per heavy atom. The average molecular weight is 182 g/mol. The maximum Gasteiger partial charge on any atom is 0.395 e. The highest BCUT2D eigenvalue weighted by Crippen LogP contribution is 2.33. The quantitative estimate of drug-likeness (QED) is 0.591. The van der Waals surface area contributed by atoms with Crippen molar-refractivity contribution in [3.8, 4) is 0 Å². The molecular weight excluding hydrogens is 173 g/mol. The van der Waals surface area contributed by atoms with Gasteiger partial charge in [-0.05, 0) is 0 Å². The Bertz CT molecular complexity index is 186. The van der Waals surface area contributed by atoms with E-state index >= 15 is 0 Å². The first-order valence-corrected chi connectivity index (χ1v) is 3.48. The van der Waals surface area contributed by atoms with Gasteiger partial charge in [-0.25, -0.2) is 4.79 Å². The van der Waals surface area contributed by atoms with Crippen LogP contribution >= 0.6 is 0 Å². The number of rotatable bonds is 0. The van der Waals surface area contributed by atoms with Crippen molar-refractivity contribution >= 4 is 6.03 Å². The SMILES string of the molecule is CNC(=O)N1CC(C(F)(F)F)C1. The monoisotopic (exact) mass is 182 g/mol. The van der Waals surface area contributed by atoms with Crippen molar-refractivity contribution in [2.75, 3.05) is 20.1 Å². The van der Waals surface area contributed by atoms with Crippen LogP contribution < -0.4 is 5.32 Å². The van der Waals surface area contributed by atoms with Crippen LogP contribution in [0, 0.1) is 5.92 Å². The minimum absolute atomic E-state index is 0.219. The largest absolute Gasteiger partial charge is 0.395 e. The van der Waals surface area contributed by atoms with Crippen molar-refractivity contribution in [1.29, 1.82) is 0 Å². The second kappa shape index (κ2) is 2.84. The van der Waals surface area contributed by atoms with E-state index in [4.69, 9.17) is 0 Å². The number of carbonyl (C=O) groups is 1. The summed E-state index contributed by atoms with van der Waals surface area (Å²) in [5.41, 5.74) is 0. The summed E-state index contributed by atoms with van der Waals surface area (Å²) in [7, 11) is 1.39. The predicted octanol–water partition coefficient (Wildman–Crippen LogP) is 0.820. The Kier molecular flexibility index (Phi) is 2.16. The smallest absolute Gasteiger partial charge is 0.341 e. The maximum absolute atomic E-state index is 11.9. The van der Waals surface area contributed by atoms with E-state index in [2.05, 4.69) is 5.32 Å². The second-order valence-corrected chi connectivity index (χ2v) is 2.70. The van der Waals surface area contributed by atoms with Gasteiger partial charge >= 0.3 is 12.2 Å². The van der Waals surface area contributed by atoms with Crippen LogP contribution in [0.15, 0.2) is 0 Å². The van der Waals surface area contributed by atoms with Gasteiger partial charge in [-0.15, -0.1) is 0 Å². The second-order valence-electron chi connectivity index (χ2n) is 2.70. The number of nitrogens with zero attached hydrogens (tertiary/aromatic N) is 1. The summed E-state index contributed by atoms with van der Waals surface area (Å²) in [6, 6.07) is -0.449. The fourth-order valence-corrected chi connectivity index (χ4v) is 1.01. The van der Waals surface area contributed by atoms with Crippen LogP contribution in [0.2, 0.25) is 0 Å². The summed E-state index contributed by atoms with van der Waals surface area (Å²) in [4.78, 5) is 11.8. The Hall–Kier alpha value is -0.940. The van der Waals surface area contributed by atoms with Gasteiger partial charge in [0, 0.05) is 20.1 Å². The number of amides is 2. The standard InChI is InChI=1S/C6H9F3N2O/c1-10-5(12)11-2-4(3-11)6(7,8)9/h4H,2-3H2,1H3,(H,10,12). The number of hydrogen-bond donors (Lipinski definition) is 1. The minimum Gasteiger partial charge on any atom is -0.341 e. The van der Waals surface area contributed by atoms with E-state index in [1.165, 1.54) is 7.05 Å². The lowest BCUT2D eigenvalue weighted by atomic mass is 10.0. The topological polar surface area (TPSA) is 32.3 Å². The van der Waals surface area contributed by atoms with E-state index < -0.39 is 18.1 Å². The molecule has 0 aromatic heterocycles. The van der Waals surface area contributed by atoms with E-state index in [0.29, 0.717) is 0 Å². The lowest BCUT2D eigenvalue weighted by Gasteiger charge is -2.39. The first kappa shape index (κ1) is 9.15. The van der Waals surface area contributed by atoms with E-state index in [1.54, 1.807) is 0 Å². The number of nitrogens with one attached hydrogen (secondary N) is 1.